The van der Waals surface area contributed by atoms with E-state index in [1.54, 1.807) is 17.0 Å². The zero-order chi connectivity index (χ0) is 24.1. The summed E-state index contributed by atoms with van der Waals surface area (Å²) in [5.74, 6) is -1.53. The molecule has 2 aliphatic heterocycles. The summed E-state index contributed by atoms with van der Waals surface area (Å²) in [7, 11) is 0. The summed E-state index contributed by atoms with van der Waals surface area (Å²) in [6.07, 6.45) is 1.61. The molecular weight excluding hydrogens is 510 g/mol. The number of benzene rings is 3. The van der Waals surface area contributed by atoms with Crippen molar-refractivity contribution in [2.75, 3.05) is 13.2 Å². The smallest absolute Gasteiger partial charge is 0.290 e. The van der Waals surface area contributed by atoms with E-state index in [2.05, 4.69) is 15.9 Å². The third-order valence-electron chi connectivity index (χ3n) is 6.79. The maximum absolute atomic E-state index is 13.8. The first-order valence-corrected chi connectivity index (χ1v) is 12.4. The number of rotatable bonds is 5. The van der Waals surface area contributed by atoms with Gasteiger partial charge in [0.2, 0.25) is 5.78 Å². The molecule has 7 heteroatoms. The Bertz CT molecular complexity index is 1510. The number of amides is 1. The highest BCUT2D eigenvalue weighted by Crippen LogP contribution is 2.42. The van der Waals surface area contributed by atoms with Crippen LogP contribution >= 0.6 is 15.9 Å². The average molecular weight is 532 g/mol. The third kappa shape index (κ3) is 3.75. The van der Waals surface area contributed by atoms with Crippen LogP contribution in [0.25, 0.3) is 21.7 Å². The highest BCUT2D eigenvalue weighted by Gasteiger charge is 2.46. The van der Waals surface area contributed by atoms with Crippen LogP contribution < -0.4 is 0 Å². The Balaban J connectivity index is 1.49. The molecule has 1 saturated heterocycles. The molecule has 1 aromatic heterocycles. The van der Waals surface area contributed by atoms with Crippen molar-refractivity contribution < 1.29 is 23.8 Å². The lowest BCUT2D eigenvalue weighted by Gasteiger charge is -2.29. The van der Waals surface area contributed by atoms with Crippen LogP contribution in [0.2, 0.25) is 0 Å². The number of hydrogen-bond donors (Lipinski definition) is 1. The Hall–Kier alpha value is -3.42. The molecule has 0 spiro atoms. The number of halogens is 1. The van der Waals surface area contributed by atoms with Gasteiger partial charge in [0.05, 0.1) is 17.7 Å². The second-order valence-corrected chi connectivity index (χ2v) is 9.86. The van der Waals surface area contributed by atoms with Crippen molar-refractivity contribution >= 4 is 49.4 Å². The summed E-state index contributed by atoms with van der Waals surface area (Å²) >= 11 is 3.44. The Morgan fingerprint density at radius 1 is 1.06 bits per heavy atom. The van der Waals surface area contributed by atoms with E-state index in [0.29, 0.717) is 18.7 Å². The lowest BCUT2D eigenvalue weighted by atomic mass is 9.91. The van der Waals surface area contributed by atoms with Gasteiger partial charge < -0.3 is 19.2 Å². The number of carbonyl (C=O) groups excluding carboxylic acids is 2. The number of aliphatic hydroxyl groups excluding tert-OH is 1. The van der Waals surface area contributed by atoms with Crippen molar-refractivity contribution in [3.05, 3.63) is 93.9 Å². The molecule has 3 aromatic carbocycles. The van der Waals surface area contributed by atoms with Gasteiger partial charge in [-0.05, 0) is 53.4 Å². The Morgan fingerprint density at radius 2 is 1.89 bits per heavy atom. The lowest BCUT2D eigenvalue weighted by Crippen LogP contribution is -2.37. The molecule has 2 unspecified atom stereocenters. The van der Waals surface area contributed by atoms with Gasteiger partial charge >= 0.3 is 0 Å². The summed E-state index contributed by atoms with van der Waals surface area (Å²) < 4.78 is 12.5. The number of fused-ring (bicyclic) bond motifs is 2. The number of Topliss-reactive ketones (excluding diaryl/α,β-unsaturated/α-hetero) is 1. The summed E-state index contributed by atoms with van der Waals surface area (Å²) in [4.78, 5) is 28.7. The molecule has 0 saturated carbocycles. The number of furan rings is 1. The minimum absolute atomic E-state index is 0.0301. The standard InChI is InChI=1S/C28H22BrNO5/c29-18-10-11-22-17(13-18)14-23(35-22)26(31)24-25(21-9-3-6-16-5-1-2-8-20(16)21)30(28(33)27(24)32)15-19-7-4-12-34-19/h1-3,5-6,8-11,13-14,19,25,32H,4,7,12,15H2. The summed E-state index contributed by atoms with van der Waals surface area (Å²) in [6, 6.07) is 20.0. The molecule has 1 amide bonds. The fourth-order valence-electron chi connectivity index (χ4n) is 5.15. The normalized spacial score (nSPS) is 20.5. The maximum Gasteiger partial charge on any atom is 0.290 e. The van der Waals surface area contributed by atoms with Crippen molar-refractivity contribution in [1.82, 2.24) is 4.90 Å². The molecule has 176 valence electrons. The number of aliphatic hydroxyl groups is 1. The predicted molar refractivity (Wildman–Crippen MR) is 135 cm³/mol. The predicted octanol–water partition coefficient (Wildman–Crippen LogP) is 6.11. The summed E-state index contributed by atoms with van der Waals surface area (Å²) in [5, 5.41) is 13.7. The lowest BCUT2D eigenvalue weighted by molar-refractivity contribution is -0.131. The minimum Gasteiger partial charge on any atom is -0.503 e. The van der Waals surface area contributed by atoms with Crippen LogP contribution in [0.1, 0.15) is 35.0 Å². The van der Waals surface area contributed by atoms with Gasteiger partial charge in [0, 0.05) is 23.0 Å². The molecule has 35 heavy (non-hydrogen) atoms. The van der Waals surface area contributed by atoms with Crippen LogP contribution in [-0.2, 0) is 9.53 Å². The SMILES string of the molecule is O=C(C1=C(O)C(=O)N(CC2CCCO2)C1c1cccc2ccccc12)c1cc2cc(Br)ccc2o1. The zero-order valence-corrected chi connectivity index (χ0v) is 20.3. The third-order valence-corrected chi connectivity index (χ3v) is 7.29. The molecule has 1 N–H and O–H groups in total. The van der Waals surface area contributed by atoms with E-state index >= 15 is 0 Å². The van der Waals surface area contributed by atoms with Gasteiger partial charge in [-0.2, -0.15) is 0 Å². The van der Waals surface area contributed by atoms with Crippen molar-refractivity contribution in [2.24, 2.45) is 0 Å². The number of carbonyl (C=O) groups is 2. The second-order valence-electron chi connectivity index (χ2n) is 8.95. The fraction of sp³-hybridized carbons (Fsp3) is 0.214. The van der Waals surface area contributed by atoms with Gasteiger partial charge in [-0.3, -0.25) is 9.59 Å². The van der Waals surface area contributed by atoms with Gasteiger partial charge in [-0.1, -0.05) is 58.4 Å². The van der Waals surface area contributed by atoms with Crippen LogP contribution in [-0.4, -0.2) is 41.0 Å². The van der Waals surface area contributed by atoms with E-state index in [4.69, 9.17) is 9.15 Å². The summed E-state index contributed by atoms with van der Waals surface area (Å²) in [5.41, 5.74) is 1.36. The van der Waals surface area contributed by atoms with Crippen molar-refractivity contribution in [2.45, 2.75) is 25.0 Å². The van der Waals surface area contributed by atoms with Crippen LogP contribution in [0.4, 0.5) is 0 Å². The zero-order valence-electron chi connectivity index (χ0n) is 18.7. The molecule has 2 atom stereocenters. The number of ether oxygens (including phenoxy) is 1. The Morgan fingerprint density at radius 3 is 2.71 bits per heavy atom. The van der Waals surface area contributed by atoms with E-state index < -0.39 is 23.5 Å². The van der Waals surface area contributed by atoms with Crippen LogP contribution in [0, 0.1) is 0 Å². The van der Waals surface area contributed by atoms with Crippen molar-refractivity contribution in [1.29, 1.82) is 0 Å². The minimum atomic E-state index is -0.759. The van der Waals surface area contributed by atoms with Crippen LogP contribution in [0.15, 0.2) is 87.0 Å². The Kier molecular flexibility index (Phi) is 5.46. The summed E-state index contributed by atoms with van der Waals surface area (Å²) in [6.45, 7) is 0.937. The first-order chi connectivity index (χ1) is 17.0. The first kappa shape index (κ1) is 22.1. The van der Waals surface area contributed by atoms with Crippen molar-refractivity contribution in [3.63, 3.8) is 0 Å². The van der Waals surface area contributed by atoms with Gasteiger partial charge in [0.15, 0.2) is 11.5 Å². The van der Waals surface area contributed by atoms with E-state index in [9.17, 15) is 14.7 Å². The number of nitrogens with zero attached hydrogens (tertiary/aromatic N) is 1. The van der Waals surface area contributed by atoms with Crippen LogP contribution in [0.3, 0.4) is 0 Å². The molecule has 1 fully saturated rings. The first-order valence-electron chi connectivity index (χ1n) is 11.6. The molecular formula is C28H22BrNO5. The van der Waals surface area contributed by atoms with Gasteiger partial charge in [0.1, 0.15) is 5.58 Å². The van der Waals surface area contributed by atoms with Gasteiger partial charge in [0.25, 0.3) is 5.91 Å². The Labute approximate surface area is 209 Å². The largest absolute Gasteiger partial charge is 0.503 e. The van der Waals surface area contributed by atoms with E-state index in [0.717, 1.165) is 39.0 Å². The van der Waals surface area contributed by atoms with Crippen molar-refractivity contribution in [3.8, 4) is 0 Å². The molecule has 6 rings (SSSR count). The molecule has 6 nitrogen and oxygen atoms in total. The molecule has 0 radical (unpaired) electrons. The quantitative estimate of drug-likeness (QED) is 0.314. The second kappa shape index (κ2) is 8.66. The maximum atomic E-state index is 13.8. The molecule has 0 bridgehead atoms. The van der Waals surface area contributed by atoms with Gasteiger partial charge in [-0.25, -0.2) is 0 Å². The molecule has 4 aromatic rings. The number of hydrogen-bond acceptors (Lipinski definition) is 5. The fourth-order valence-corrected chi connectivity index (χ4v) is 5.53. The molecule has 2 aliphatic rings. The monoisotopic (exact) mass is 531 g/mol. The van der Waals surface area contributed by atoms with E-state index in [1.165, 1.54) is 0 Å². The highest BCUT2D eigenvalue weighted by atomic mass is 79.9. The van der Waals surface area contributed by atoms with Crippen LogP contribution in [0.5, 0.6) is 0 Å². The van der Waals surface area contributed by atoms with E-state index in [1.807, 2.05) is 54.6 Å². The number of ketones is 1. The average Bonchev–Trinajstić information content (AvgIpc) is 3.59. The van der Waals surface area contributed by atoms with E-state index in [-0.39, 0.29) is 17.4 Å². The van der Waals surface area contributed by atoms with Gasteiger partial charge in [-0.15, -0.1) is 0 Å². The highest BCUT2D eigenvalue weighted by molar-refractivity contribution is 9.10. The molecule has 0 aliphatic carbocycles. The topological polar surface area (TPSA) is 80.0 Å². The molecule has 3 heterocycles.